The zero-order valence-corrected chi connectivity index (χ0v) is 8.74. The summed E-state index contributed by atoms with van der Waals surface area (Å²) in [6.45, 7) is 3.10. The fourth-order valence-corrected chi connectivity index (χ4v) is 1.28. The van der Waals surface area contributed by atoms with Crippen LogP contribution in [0.25, 0.3) is 0 Å². The van der Waals surface area contributed by atoms with Crippen LogP contribution in [0.2, 0.25) is 5.02 Å². The third-order valence-corrected chi connectivity index (χ3v) is 2.03. The van der Waals surface area contributed by atoms with E-state index < -0.39 is 5.92 Å². The molecule has 0 N–H and O–H groups in total. The Bertz CT molecular complexity index is 320. The number of benzene rings is 1. The van der Waals surface area contributed by atoms with E-state index in [2.05, 4.69) is 0 Å². The molecule has 1 aromatic carbocycles. The van der Waals surface area contributed by atoms with Crippen LogP contribution in [-0.2, 0) is 5.92 Å². The maximum atomic E-state index is 12.9. The maximum absolute atomic E-state index is 12.9. The molecule has 0 fully saturated rings. The molecule has 0 aliphatic heterocycles. The lowest BCUT2D eigenvalue weighted by molar-refractivity contribution is 0.0174. The van der Waals surface area contributed by atoms with Gasteiger partial charge < -0.3 is 4.74 Å². The first-order valence-electron chi connectivity index (χ1n) is 4.25. The number of rotatable bonds is 3. The van der Waals surface area contributed by atoms with Crippen molar-refractivity contribution in [2.24, 2.45) is 0 Å². The molecule has 0 radical (unpaired) electrons. The standard InChI is InChI=1S/C10H11ClF2O/c1-3-14-9-5-4-7(6-8(9)11)10(2,12)13/h4-6H,3H2,1-2H3. The summed E-state index contributed by atoms with van der Waals surface area (Å²) < 4.78 is 30.8. The van der Waals surface area contributed by atoms with Crippen molar-refractivity contribution in [3.63, 3.8) is 0 Å². The summed E-state index contributed by atoms with van der Waals surface area (Å²) in [7, 11) is 0. The fourth-order valence-electron chi connectivity index (χ4n) is 1.05. The Morgan fingerprint density at radius 3 is 2.50 bits per heavy atom. The van der Waals surface area contributed by atoms with Crippen LogP contribution in [0.4, 0.5) is 8.78 Å². The summed E-state index contributed by atoms with van der Waals surface area (Å²) in [5, 5.41) is 0.214. The van der Waals surface area contributed by atoms with E-state index in [1.54, 1.807) is 6.92 Å². The van der Waals surface area contributed by atoms with Crippen LogP contribution < -0.4 is 4.74 Å². The summed E-state index contributed by atoms with van der Waals surface area (Å²) in [5.74, 6) is -2.43. The van der Waals surface area contributed by atoms with Crippen molar-refractivity contribution in [3.05, 3.63) is 28.8 Å². The molecule has 78 valence electrons. The van der Waals surface area contributed by atoms with Crippen molar-refractivity contribution in [1.29, 1.82) is 0 Å². The van der Waals surface area contributed by atoms with Crippen LogP contribution in [0, 0.1) is 0 Å². The van der Waals surface area contributed by atoms with Crippen molar-refractivity contribution in [2.45, 2.75) is 19.8 Å². The van der Waals surface area contributed by atoms with Gasteiger partial charge in [-0.2, -0.15) is 0 Å². The van der Waals surface area contributed by atoms with Crippen LogP contribution in [0.5, 0.6) is 5.75 Å². The molecular formula is C10H11ClF2O. The van der Waals surface area contributed by atoms with Crippen molar-refractivity contribution < 1.29 is 13.5 Å². The number of hydrogen-bond donors (Lipinski definition) is 0. The topological polar surface area (TPSA) is 9.23 Å². The molecule has 0 spiro atoms. The fraction of sp³-hybridized carbons (Fsp3) is 0.400. The molecule has 1 aromatic rings. The van der Waals surface area contributed by atoms with Gasteiger partial charge in [0.15, 0.2) is 0 Å². The molecule has 0 saturated heterocycles. The number of ether oxygens (including phenoxy) is 1. The van der Waals surface area contributed by atoms with Crippen LogP contribution >= 0.6 is 11.6 Å². The molecule has 0 aromatic heterocycles. The van der Waals surface area contributed by atoms with Gasteiger partial charge in [-0.3, -0.25) is 0 Å². The van der Waals surface area contributed by atoms with E-state index in [9.17, 15) is 8.78 Å². The largest absolute Gasteiger partial charge is 0.492 e. The van der Waals surface area contributed by atoms with Gasteiger partial charge in [0.05, 0.1) is 11.6 Å². The van der Waals surface area contributed by atoms with Gasteiger partial charge in [-0.15, -0.1) is 0 Å². The highest BCUT2D eigenvalue weighted by atomic mass is 35.5. The smallest absolute Gasteiger partial charge is 0.270 e. The molecule has 0 amide bonds. The number of alkyl halides is 2. The van der Waals surface area contributed by atoms with Gasteiger partial charge in [0, 0.05) is 12.5 Å². The minimum Gasteiger partial charge on any atom is -0.492 e. The van der Waals surface area contributed by atoms with Crippen LogP contribution in [0.3, 0.4) is 0 Å². The van der Waals surface area contributed by atoms with Gasteiger partial charge in [-0.25, -0.2) is 8.78 Å². The lowest BCUT2D eigenvalue weighted by atomic mass is 10.1. The van der Waals surface area contributed by atoms with Crippen LogP contribution in [-0.4, -0.2) is 6.61 Å². The number of hydrogen-bond acceptors (Lipinski definition) is 1. The van der Waals surface area contributed by atoms with E-state index in [-0.39, 0.29) is 10.6 Å². The molecule has 0 saturated carbocycles. The van der Waals surface area contributed by atoms with E-state index >= 15 is 0 Å². The Labute approximate surface area is 86.6 Å². The highest BCUT2D eigenvalue weighted by molar-refractivity contribution is 6.32. The van der Waals surface area contributed by atoms with Crippen LogP contribution in [0.15, 0.2) is 18.2 Å². The maximum Gasteiger partial charge on any atom is 0.270 e. The summed E-state index contributed by atoms with van der Waals surface area (Å²) >= 11 is 5.76. The first kappa shape index (κ1) is 11.2. The van der Waals surface area contributed by atoms with E-state index in [0.717, 1.165) is 6.92 Å². The van der Waals surface area contributed by atoms with E-state index in [1.807, 2.05) is 0 Å². The molecule has 0 unspecified atom stereocenters. The van der Waals surface area contributed by atoms with Crippen LogP contribution in [0.1, 0.15) is 19.4 Å². The average molecular weight is 221 g/mol. The summed E-state index contributed by atoms with van der Waals surface area (Å²) in [5.41, 5.74) is -0.106. The highest BCUT2D eigenvalue weighted by Crippen LogP contribution is 2.33. The van der Waals surface area contributed by atoms with Gasteiger partial charge >= 0.3 is 0 Å². The Hall–Kier alpha value is -0.830. The molecule has 1 nitrogen and oxygen atoms in total. The lowest BCUT2D eigenvalue weighted by Gasteiger charge is -2.12. The third kappa shape index (κ3) is 2.58. The minimum absolute atomic E-state index is 0.106. The predicted molar refractivity (Wildman–Crippen MR) is 52.2 cm³/mol. The monoisotopic (exact) mass is 220 g/mol. The Morgan fingerprint density at radius 1 is 1.43 bits per heavy atom. The molecule has 1 rings (SSSR count). The molecule has 0 bridgehead atoms. The summed E-state index contributed by atoms with van der Waals surface area (Å²) in [6.07, 6.45) is 0. The zero-order valence-electron chi connectivity index (χ0n) is 7.98. The molecule has 14 heavy (non-hydrogen) atoms. The van der Waals surface area contributed by atoms with Crippen molar-refractivity contribution in [2.75, 3.05) is 6.61 Å². The Balaban J connectivity index is 3.01. The van der Waals surface area contributed by atoms with E-state index in [1.165, 1.54) is 18.2 Å². The highest BCUT2D eigenvalue weighted by Gasteiger charge is 2.24. The molecular weight excluding hydrogens is 210 g/mol. The van der Waals surface area contributed by atoms with Crippen molar-refractivity contribution in [1.82, 2.24) is 0 Å². The van der Waals surface area contributed by atoms with Crippen molar-refractivity contribution >= 4 is 11.6 Å². The molecule has 0 aliphatic rings. The minimum atomic E-state index is -2.87. The molecule has 0 heterocycles. The van der Waals surface area contributed by atoms with Gasteiger partial charge in [-0.1, -0.05) is 11.6 Å². The van der Waals surface area contributed by atoms with E-state index in [0.29, 0.717) is 12.4 Å². The quantitative estimate of drug-likeness (QED) is 0.752. The van der Waals surface area contributed by atoms with E-state index in [4.69, 9.17) is 16.3 Å². The second-order valence-electron chi connectivity index (χ2n) is 2.97. The van der Waals surface area contributed by atoms with Gasteiger partial charge in [0.25, 0.3) is 5.92 Å². The predicted octanol–water partition coefficient (Wildman–Crippen LogP) is 3.85. The number of halogens is 3. The van der Waals surface area contributed by atoms with Gasteiger partial charge in [0.2, 0.25) is 0 Å². The second kappa shape index (κ2) is 4.13. The molecule has 4 heteroatoms. The zero-order chi connectivity index (χ0) is 10.8. The van der Waals surface area contributed by atoms with Gasteiger partial charge in [-0.05, 0) is 25.1 Å². The summed E-state index contributed by atoms with van der Waals surface area (Å²) in [4.78, 5) is 0. The SMILES string of the molecule is CCOc1ccc(C(C)(F)F)cc1Cl. The first-order valence-corrected chi connectivity index (χ1v) is 4.63. The van der Waals surface area contributed by atoms with Gasteiger partial charge in [0.1, 0.15) is 5.75 Å². The second-order valence-corrected chi connectivity index (χ2v) is 3.37. The Morgan fingerprint density at radius 2 is 2.07 bits per heavy atom. The Kier molecular flexibility index (Phi) is 3.32. The van der Waals surface area contributed by atoms with Crippen molar-refractivity contribution in [3.8, 4) is 5.75 Å². The molecule has 0 atom stereocenters. The third-order valence-electron chi connectivity index (χ3n) is 1.74. The molecule has 0 aliphatic carbocycles. The normalized spacial score (nSPS) is 11.5. The first-order chi connectivity index (χ1) is 6.45. The lowest BCUT2D eigenvalue weighted by Crippen LogP contribution is -2.06. The average Bonchev–Trinajstić information content (AvgIpc) is 2.07. The summed E-state index contributed by atoms with van der Waals surface area (Å²) in [6, 6.07) is 4.00.